The molecule has 2 heteroatoms. The van der Waals surface area contributed by atoms with Gasteiger partial charge in [0.2, 0.25) is 0 Å². The van der Waals surface area contributed by atoms with Crippen LogP contribution in [0.15, 0.2) is 23.1 Å². The Balaban J connectivity index is 2.55. The maximum Gasteiger partial charge on any atom is 0.0631 e. The first kappa shape index (κ1) is 11.6. The lowest BCUT2D eigenvalue weighted by Gasteiger charge is -2.08. The number of thioether (sulfide) groups is 1. The van der Waals surface area contributed by atoms with Gasteiger partial charge in [-0.25, -0.2) is 0 Å². The summed E-state index contributed by atoms with van der Waals surface area (Å²) in [5, 5.41) is 9.42. The van der Waals surface area contributed by atoms with Crippen LogP contribution in [-0.4, -0.2) is 17.0 Å². The molecule has 1 nitrogen and oxygen atoms in total. The molecule has 0 spiro atoms. The molecule has 0 bridgehead atoms. The van der Waals surface area contributed by atoms with Crippen LogP contribution in [0.5, 0.6) is 0 Å². The van der Waals surface area contributed by atoms with Gasteiger partial charge < -0.3 is 5.11 Å². The van der Waals surface area contributed by atoms with Crippen molar-refractivity contribution in [1.82, 2.24) is 0 Å². The number of benzene rings is 1. The number of hydrogen-bond donors (Lipinski definition) is 1. The zero-order chi connectivity index (χ0) is 10.6. The Kier molecular flexibility index (Phi) is 4.49. The van der Waals surface area contributed by atoms with Gasteiger partial charge in [-0.2, -0.15) is 0 Å². The van der Waals surface area contributed by atoms with E-state index in [2.05, 4.69) is 32.0 Å². The summed E-state index contributed by atoms with van der Waals surface area (Å²) in [5.41, 5.74) is 2.64. The van der Waals surface area contributed by atoms with Crippen molar-refractivity contribution in [2.75, 3.05) is 5.75 Å². The first-order valence-corrected chi connectivity index (χ1v) is 6.00. The summed E-state index contributed by atoms with van der Waals surface area (Å²) in [4.78, 5) is 1.25. The van der Waals surface area contributed by atoms with Crippen LogP contribution >= 0.6 is 11.8 Å². The van der Waals surface area contributed by atoms with Gasteiger partial charge in [0.1, 0.15) is 0 Å². The molecule has 0 saturated carbocycles. The molecule has 0 aliphatic rings. The van der Waals surface area contributed by atoms with Crippen LogP contribution in [0.2, 0.25) is 0 Å². The Morgan fingerprint density at radius 1 is 1.29 bits per heavy atom. The van der Waals surface area contributed by atoms with E-state index in [9.17, 15) is 5.11 Å². The minimum Gasteiger partial charge on any atom is -0.392 e. The molecule has 0 aromatic heterocycles. The Bertz CT molecular complexity index is 296. The lowest BCUT2D eigenvalue weighted by molar-refractivity contribution is 0.195. The van der Waals surface area contributed by atoms with E-state index in [1.807, 2.05) is 6.92 Å². The molecule has 0 aliphatic heterocycles. The molecular weight excluding hydrogens is 192 g/mol. The van der Waals surface area contributed by atoms with Gasteiger partial charge >= 0.3 is 0 Å². The zero-order valence-corrected chi connectivity index (χ0v) is 9.90. The standard InChI is InChI=1S/C12H18OS/c1-4-11(13)8-14-12-6-5-9(2)10(3)7-12/h5-7,11,13H,4,8H2,1-3H3. The van der Waals surface area contributed by atoms with Gasteiger partial charge in [0, 0.05) is 10.6 Å². The van der Waals surface area contributed by atoms with Crippen molar-refractivity contribution < 1.29 is 5.11 Å². The van der Waals surface area contributed by atoms with Crippen molar-refractivity contribution in [3.05, 3.63) is 29.3 Å². The summed E-state index contributed by atoms with van der Waals surface area (Å²) >= 11 is 1.73. The lowest BCUT2D eigenvalue weighted by atomic mass is 10.1. The molecule has 0 radical (unpaired) electrons. The van der Waals surface area contributed by atoms with E-state index in [1.165, 1.54) is 16.0 Å². The predicted octanol–water partition coefficient (Wildman–Crippen LogP) is 3.17. The van der Waals surface area contributed by atoms with Crippen molar-refractivity contribution >= 4 is 11.8 Å². The third kappa shape index (κ3) is 3.35. The molecule has 78 valence electrons. The molecule has 1 atom stereocenters. The van der Waals surface area contributed by atoms with Gasteiger partial charge in [0.25, 0.3) is 0 Å². The summed E-state index contributed by atoms with van der Waals surface area (Å²) in [5.74, 6) is 0.791. The zero-order valence-electron chi connectivity index (χ0n) is 9.08. The van der Waals surface area contributed by atoms with Crippen LogP contribution in [-0.2, 0) is 0 Å². The minimum absolute atomic E-state index is 0.179. The number of hydrogen-bond acceptors (Lipinski definition) is 2. The second-order valence-corrected chi connectivity index (χ2v) is 4.71. The van der Waals surface area contributed by atoms with Crippen LogP contribution < -0.4 is 0 Å². The average Bonchev–Trinajstić information content (AvgIpc) is 2.19. The molecule has 1 aromatic carbocycles. The highest BCUT2D eigenvalue weighted by Crippen LogP contribution is 2.22. The molecule has 0 amide bonds. The monoisotopic (exact) mass is 210 g/mol. The van der Waals surface area contributed by atoms with Crippen molar-refractivity contribution in [2.45, 2.75) is 38.2 Å². The van der Waals surface area contributed by atoms with Crippen LogP contribution in [0.25, 0.3) is 0 Å². The van der Waals surface area contributed by atoms with Crippen molar-refractivity contribution in [3.8, 4) is 0 Å². The molecule has 0 fully saturated rings. The number of aliphatic hydroxyl groups is 1. The average molecular weight is 210 g/mol. The fraction of sp³-hybridized carbons (Fsp3) is 0.500. The van der Waals surface area contributed by atoms with E-state index in [1.54, 1.807) is 11.8 Å². The van der Waals surface area contributed by atoms with E-state index in [0.29, 0.717) is 0 Å². The third-order valence-electron chi connectivity index (χ3n) is 2.39. The maximum absolute atomic E-state index is 9.42. The van der Waals surface area contributed by atoms with Crippen molar-refractivity contribution in [1.29, 1.82) is 0 Å². The summed E-state index contributed by atoms with van der Waals surface area (Å²) in [6, 6.07) is 6.44. The van der Waals surface area contributed by atoms with Gasteiger partial charge in [-0.05, 0) is 43.5 Å². The Morgan fingerprint density at radius 3 is 2.57 bits per heavy atom. The lowest BCUT2D eigenvalue weighted by Crippen LogP contribution is -2.07. The highest BCUT2D eigenvalue weighted by Gasteiger charge is 2.02. The first-order valence-electron chi connectivity index (χ1n) is 5.01. The van der Waals surface area contributed by atoms with Gasteiger partial charge in [0.15, 0.2) is 0 Å². The smallest absolute Gasteiger partial charge is 0.0631 e. The molecule has 1 aromatic rings. The van der Waals surface area contributed by atoms with Gasteiger partial charge in [-0.1, -0.05) is 13.0 Å². The Morgan fingerprint density at radius 2 is 2.00 bits per heavy atom. The first-order chi connectivity index (χ1) is 6.63. The normalized spacial score (nSPS) is 12.9. The van der Waals surface area contributed by atoms with E-state index in [-0.39, 0.29) is 6.10 Å². The summed E-state index contributed by atoms with van der Waals surface area (Å²) in [6.07, 6.45) is 0.652. The third-order valence-corrected chi connectivity index (χ3v) is 3.53. The van der Waals surface area contributed by atoms with Gasteiger partial charge in [-0.3, -0.25) is 0 Å². The predicted molar refractivity (Wildman–Crippen MR) is 62.9 cm³/mol. The topological polar surface area (TPSA) is 20.2 Å². The number of rotatable bonds is 4. The molecule has 1 rings (SSSR count). The number of aliphatic hydroxyl groups excluding tert-OH is 1. The van der Waals surface area contributed by atoms with Gasteiger partial charge in [-0.15, -0.1) is 11.8 Å². The molecule has 0 saturated heterocycles. The summed E-state index contributed by atoms with van der Waals surface area (Å²) in [7, 11) is 0. The fourth-order valence-corrected chi connectivity index (χ4v) is 2.16. The van der Waals surface area contributed by atoms with Crippen LogP contribution in [0.4, 0.5) is 0 Å². The van der Waals surface area contributed by atoms with Crippen LogP contribution in [0, 0.1) is 13.8 Å². The molecule has 1 N–H and O–H groups in total. The SMILES string of the molecule is CCC(O)CSc1ccc(C)c(C)c1. The quantitative estimate of drug-likeness (QED) is 0.770. The van der Waals surface area contributed by atoms with E-state index < -0.39 is 0 Å². The molecular formula is C12H18OS. The van der Waals surface area contributed by atoms with E-state index in [4.69, 9.17) is 0 Å². The van der Waals surface area contributed by atoms with Crippen LogP contribution in [0.3, 0.4) is 0 Å². The highest BCUT2D eigenvalue weighted by atomic mass is 32.2. The summed E-state index contributed by atoms with van der Waals surface area (Å²) in [6.45, 7) is 6.24. The summed E-state index contributed by atoms with van der Waals surface area (Å²) < 4.78 is 0. The Labute approximate surface area is 90.5 Å². The fourth-order valence-electron chi connectivity index (χ4n) is 1.11. The van der Waals surface area contributed by atoms with Gasteiger partial charge in [0.05, 0.1) is 6.10 Å². The highest BCUT2D eigenvalue weighted by molar-refractivity contribution is 7.99. The molecule has 1 unspecified atom stereocenters. The maximum atomic E-state index is 9.42. The van der Waals surface area contributed by atoms with Crippen molar-refractivity contribution in [2.24, 2.45) is 0 Å². The minimum atomic E-state index is -0.179. The largest absolute Gasteiger partial charge is 0.392 e. The van der Waals surface area contributed by atoms with Crippen LogP contribution in [0.1, 0.15) is 24.5 Å². The second-order valence-electron chi connectivity index (χ2n) is 3.62. The molecule has 0 aliphatic carbocycles. The number of aryl methyl sites for hydroxylation is 2. The Hall–Kier alpha value is -0.470. The van der Waals surface area contributed by atoms with E-state index in [0.717, 1.165) is 12.2 Å². The second kappa shape index (κ2) is 5.42. The molecule has 14 heavy (non-hydrogen) atoms. The molecule has 0 heterocycles. The van der Waals surface area contributed by atoms with Crippen molar-refractivity contribution in [3.63, 3.8) is 0 Å². The van der Waals surface area contributed by atoms with E-state index >= 15 is 0 Å².